The number of aromatic nitrogens is 3. The van der Waals surface area contributed by atoms with Gasteiger partial charge in [-0.2, -0.15) is 0 Å². The molecule has 0 saturated carbocycles. The predicted molar refractivity (Wildman–Crippen MR) is 95.8 cm³/mol. The second-order valence-electron chi connectivity index (χ2n) is 6.10. The van der Waals surface area contributed by atoms with Gasteiger partial charge >= 0.3 is 0 Å². The fourth-order valence-corrected chi connectivity index (χ4v) is 2.57. The monoisotopic (exact) mass is 338 g/mol. The number of rotatable bonds is 7. The second-order valence-corrected chi connectivity index (χ2v) is 6.10. The van der Waals surface area contributed by atoms with Crippen molar-refractivity contribution in [2.75, 3.05) is 6.54 Å². The Morgan fingerprint density at radius 2 is 1.96 bits per heavy atom. The Morgan fingerprint density at radius 1 is 1.16 bits per heavy atom. The molecule has 0 unspecified atom stereocenters. The van der Waals surface area contributed by atoms with E-state index in [9.17, 15) is 4.79 Å². The van der Waals surface area contributed by atoms with E-state index in [1.54, 1.807) is 12.1 Å². The van der Waals surface area contributed by atoms with E-state index in [1.165, 1.54) is 0 Å². The number of pyridine rings is 1. The molecule has 25 heavy (non-hydrogen) atoms. The highest BCUT2D eigenvalue weighted by atomic mass is 16.5. The third-order valence-electron chi connectivity index (χ3n) is 3.74. The molecule has 0 fully saturated rings. The molecule has 6 nitrogen and oxygen atoms in total. The standard InChI is InChI=1S/C19H22N4O2/c1-14(2)25-16-10-8-15(9-11-16)19(24)20-12-5-7-18-22-21-17-6-3-4-13-23(17)18/h3-4,6,8-11,13-14H,5,7,12H2,1-2H3,(H,20,24). The van der Waals surface area contributed by atoms with E-state index in [2.05, 4.69) is 15.5 Å². The van der Waals surface area contributed by atoms with Crippen LogP contribution in [0.25, 0.3) is 5.65 Å². The van der Waals surface area contributed by atoms with Crippen LogP contribution in [0.5, 0.6) is 5.75 Å². The van der Waals surface area contributed by atoms with Gasteiger partial charge in [-0.3, -0.25) is 9.20 Å². The van der Waals surface area contributed by atoms with Crippen molar-refractivity contribution in [3.8, 4) is 5.75 Å². The summed E-state index contributed by atoms with van der Waals surface area (Å²) < 4.78 is 7.54. The molecular formula is C19H22N4O2. The summed E-state index contributed by atoms with van der Waals surface area (Å²) in [5, 5.41) is 11.2. The van der Waals surface area contributed by atoms with E-state index in [-0.39, 0.29) is 12.0 Å². The lowest BCUT2D eigenvalue weighted by atomic mass is 10.2. The van der Waals surface area contributed by atoms with Gasteiger partial charge in [0.1, 0.15) is 11.6 Å². The molecule has 130 valence electrons. The van der Waals surface area contributed by atoms with Crippen LogP contribution in [0.2, 0.25) is 0 Å². The highest BCUT2D eigenvalue weighted by molar-refractivity contribution is 5.94. The number of nitrogens with zero attached hydrogens (tertiary/aromatic N) is 3. The van der Waals surface area contributed by atoms with Gasteiger partial charge in [-0.1, -0.05) is 6.07 Å². The summed E-state index contributed by atoms with van der Waals surface area (Å²) >= 11 is 0. The highest BCUT2D eigenvalue weighted by Crippen LogP contribution is 2.13. The Morgan fingerprint density at radius 3 is 2.72 bits per heavy atom. The van der Waals surface area contributed by atoms with Crippen LogP contribution in [-0.4, -0.2) is 33.2 Å². The summed E-state index contributed by atoms with van der Waals surface area (Å²) in [6.45, 7) is 4.53. The lowest BCUT2D eigenvalue weighted by molar-refractivity contribution is 0.0953. The van der Waals surface area contributed by atoms with Gasteiger partial charge in [0.2, 0.25) is 0 Å². The maximum absolute atomic E-state index is 12.2. The zero-order valence-electron chi connectivity index (χ0n) is 14.5. The van der Waals surface area contributed by atoms with Crippen molar-refractivity contribution in [3.05, 3.63) is 60.0 Å². The predicted octanol–water partition coefficient (Wildman–Crippen LogP) is 2.88. The van der Waals surface area contributed by atoms with E-state index in [4.69, 9.17) is 4.74 Å². The third-order valence-corrected chi connectivity index (χ3v) is 3.74. The molecule has 1 aromatic carbocycles. The summed E-state index contributed by atoms with van der Waals surface area (Å²) in [5.41, 5.74) is 1.47. The number of nitrogens with one attached hydrogen (secondary N) is 1. The minimum absolute atomic E-state index is 0.0813. The molecule has 3 rings (SSSR count). The van der Waals surface area contributed by atoms with Crippen LogP contribution in [0, 0.1) is 0 Å². The zero-order chi connectivity index (χ0) is 17.6. The van der Waals surface area contributed by atoms with Crippen LogP contribution >= 0.6 is 0 Å². The molecule has 0 aliphatic rings. The Labute approximate surface area is 146 Å². The first-order chi connectivity index (χ1) is 12.1. The van der Waals surface area contributed by atoms with Crippen molar-refractivity contribution in [3.63, 3.8) is 0 Å². The van der Waals surface area contributed by atoms with Gasteiger partial charge in [0.15, 0.2) is 5.65 Å². The number of hydrogen-bond donors (Lipinski definition) is 1. The minimum atomic E-state index is -0.0813. The van der Waals surface area contributed by atoms with Crippen LogP contribution in [0.15, 0.2) is 48.7 Å². The number of aryl methyl sites for hydroxylation is 1. The summed E-state index contributed by atoms with van der Waals surface area (Å²) in [4.78, 5) is 12.2. The molecule has 6 heteroatoms. The van der Waals surface area contributed by atoms with Gasteiger partial charge in [0.05, 0.1) is 6.10 Å². The fraction of sp³-hybridized carbons (Fsp3) is 0.316. The summed E-state index contributed by atoms with van der Waals surface area (Å²) in [6.07, 6.45) is 3.63. The lowest BCUT2D eigenvalue weighted by Gasteiger charge is -2.10. The SMILES string of the molecule is CC(C)Oc1ccc(C(=O)NCCCc2nnc3ccccn23)cc1. The molecule has 0 bridgehead atoms. The van der Waals surface area contributed by atoms with Crippen molar-refractivity contribution in [2.45, 2.75) is 32.8 Å². The molecule has 3 aromatic rings. The van der Waals surface area contributed by atoms with Crippen LogP contribution in [0.4, 0.5) is 0 Å². The Balaban J connectivity index is 1.48. The normalized spacial score (nSPS) is 11.0. The smallest absolute Gasteiger partial charge is 0.251 e. The zero-order valence-corrected chi connectivity index (χ0v) is 14.5. The van der Waals surface area contributed by atoms with Crippen LogP contribution < -0.4 is 10.1 Å². The third kappa shape index (κ3) is 4.35. The van der Waals surface area contributed by atoms with Crippen molar-refractivity contribution < 1.29 is 9.53 Å². The van der Waals surface area contributed by atoms with Crippen molar-refractivity contribution in [1.29, 1.82) is 0 Å². The van der Waals surface area contributed by atoms with Gasteiger partial charge in [-0.05, 0) is 56.7 Å². The van der Waals surface area contributed by atoms with Gasteiger partial charge in [-0.25, -0.2) is 0 Å². The highest BCUT2D eigenvalue weighted by Gasteiger charge is 2.07. The molecule has 0 saturated heterocycles. The topological polar surface area (TPSA) is 68.5 Å². The van der Waals surface area contributed by atoms with Gasteiger partial charge in [-0.15, -0.1) is 10.2 Å². The number of amides is 1. The van der Waals surface area contributed by atoms with Gasteiger partial charge in [0, 0.05) is 24.7 Å². The average Bonchev–Trinajstić information content (AvgIpc) is 3.02. The van der Waals surface area contributed by atoms with Gasteiger partial charge in [0.25, 0.3) is 5.91 Å². The number of hydrogen-bond acceptors (Lipinski definition) is 4. The molecule has 0 spiro atoms. The van der Waals surface area contributed by atoms with E-state index < -0.39 is 0 Å². The Hall–Kier alpha value is -2.89. The molecular weight excluding hydrogens is 316 g/mol. The van der Waals surface area contributed by atoms with Crippen molar-refractivity contribution >= 4 is 11.6 Å². The number of carbonyl (C=O) groups is 1. The summed E-state index contributed by atoms with van der Waals surface area (Å²) in [5.74, 6) is 1.59. The van der Waals surface area contributed by atoms with Gasteiger partial charge < -0.3 is 10.1 Å². The first-order valence-electron chi connectivity index (χ1n) is 8.47. The largest absolute Gasteiger partial charge is 0.491 e. The Bertz CT molecular complexity index is 840. The van der Waals surface area contributed by atoms with Crippen LogP contribution in [0.3, 0.4) is 0 Å². The van der Waals surface area contributed by atoms with E-state index in [0.29, 0.717) is 12.1 Å². The maximum atomic E-state index is 12.2. The molecule has 1 amide bonds. The minimum Gasteiger partial charge on any atom is -0.491 e. The van der Waals surface area contributed by atoms with E-state index in [1.807, 2.05) is 54.8 Å². The van der Waals surface area contributed by atoms with Crippen LogP contribution in [0.1, 0.15) is 36.5 Å². The van der Waals surface area contributed by atoms with E-state index >= 15 is 0 Å². The number of carbonyl (C=O) groups excluding carboxylic acids is 1. The molecule has 0 atom stereocenters. The average molecular weight is 338 g/mol. The number of ether oxygens (including phenoxy) is 1. The number of fused-ring (bicyclic) bond motifs is 1. The fourth-order valence-electron chi connectivity index (χ4n) is 2.57. The lowest BCUT2D eigenvalue weighted by Crippen LogP contribution is -2.24. The molecule has 0 aliphatic heterocycles. The first-order valence-corrected chi connectivity index (χ1v) is 8.47. The van der Waals surface area contributed by atoms with Crippen molar-refractivity contribution in [2.24, 2.45) is 0 Å². The molecule has 1 N–H and O–H groups in total. The molecule has 2 aromatic heterocycles. The maximum Gasteiger partial charge on any atom is 0.251 e. The van der Waals surface area contributed by atoms with E-state index in [0.717, 1.165) is 30.1 Å². The summed E-state index contributed by atoms with van der Waals surface area (Å²) in [7, 11) is 0. The first kappa shape index (κ1) is 17.0. The number of benzene rings is 1. The molecule has 2 heterocycles. The second kappa shape index (κ2) is 7.79. The van der Waals surface area contributed by atoms with Crippen molar-refractivity contribution in [1.82, 2.24) is 19.9 Å². The molecule has 0 aliphatic carbocycles. The Kier molecular flexibility index (Phi) is 5.28. The summed E-state index contributed by atoms with van der Waals surface area (Å²) in [6, 6.07) is 13.0. The molecule has 0 radical (unpaired) electrons. The van der Waals surface area contributed by atoms with Crippen LogP contribution in [-0.2, 0) is 6.42 Å². The quantitative estimate of drug-likeness (QED) is 0.673.